The fraction of sp³-hybridized carbons (Fsp3) is 0.500. The number of carboxylic acid groups (broad SMARTS) is 1. The zero-order valence-corrected chi connectivity index (χ0v) is 3.73. The van der Waals surface area contributed by atoms with E-state index < -0.39 is 5.97 Å². The summed E-state index contributed by atoms with van der Waals surface area (Å²) in [5.41, 5.74) is 0. The summed E-state index contributed by atoms with van der Waals surface area (Å²) in [5, 5.41) is 7.42. The second kappa shape index (κ2) is 9.36. The van der Waals surface area contributed by atoms with Gasteiger partial charge in [0.05, 0.1) is 0 Å². The molecule has 0 fully saturated rings. The summed E-state index contributed by atoms with van der Waals surface area (Å²) in [4.78, 5) is 9.00. The summed E-state index contributed by atoms with van der Waals surface area (Å²) >= 11 is 0. The number of rotatable bonds is 0. The molecule has 0 spiro atoms. The maximum atomic E-state index is 9.00. The monoisotopic (exact) mass is 143 g/mol. The molecule has 0 saturated carbocycles. The summed E-state index contributed by atoms with van der Waals surface area (Å²) in [5.74, 6) is -0.833. The molecule has 6 heavy (non-hydrogen) atoms. The van der Waals surface area contributed by atoms with E-state index in [1.54, 1.807) is 0 Å². The van der Waals surface area contributed by atoms with Crippen LogP contribution in [0, 0.1) is 0 Å². The van der Waals surface area contributed by atoms with Gasteiger partial charge in [-0.2, -0.15) is 0 Å². The molecule has 0 atom stereocenters. The van der Waals surface area contributed by atoms with Crippen LogP contribution >= 0.6 is 0 Å². The van der Waals surface area contributed by atoms with Crippen molar-refractivity contribution in [2.75, 3.05) is 0 Å². The normalized spacial score (nSPS) is 4.17. The predicted molar refractivity (Wildman–Crippen MR) is 20.5 cm³/mol. The first-order chi connectivity index (χ1) is 1.73. The van der Waals surface area contributed by atoms with E-state index in [2.05, 4.69) is 0 Å². The summed E-state index contributed by atoms with van der Waals surface area (Å²) < 4.78 is 0. The molecule has 0 bridgehead atoms. The van der Waals surface area contributed by atoms with Crippen LogP contribution in [0.15, 0.2) is 0 Å². The SMILES string of the molecule is CC(=O)O.[Co].[NaH]. The Bertz CT molecular complexity index is 34.5. The van der Waals surface area contributed by atoms with E-state index in [0.717, 1.165) is 6.92 Å². The third-order valence-corrected chi connectivity index (χ3v) is 0. The minimum absolute atomic E-state index is 0. The Kier molecular flexibility index (Phi) is 24.6. The van der Waals surface area contributed by atoms with Crippen molar-refractivity contribution in [2.45, 2.75) is 6.92 Å². The second-order valence-corrected chi connectivity index (χ2v) is 0.519. The van der Waals surface area contributed by atoms with Gasteiger partial charge in [0.15, 0.2) is 0 Å². The topological polar surface area (TPSA) is 37.3 Å². The van der Waals surface area contributed by atoms with Crippen LogP contribution in [0.5, 0.6) is 0 Å². The van der Waals surface area contributed by atoms with Crippen molar-refractivity contribution in [1.82, 2.24) is 0 Å². The maximum absolute atomic E-state index is 9.00. The van der Waals surface area contributed by atoms with E-state index in [1.807, 2.05) is 0 Å². The number of hydrogen-bond acceptors (Lipinski definition) is 1. The first kappa shape index (κ1) is 15.8. The average Bonchev–Trinajstić information content (AvgIpc) is 0.811. The molecule has 0 aromatic heterocycles. The molecule has 0 heterocycles. The van der Waals surface area contributed by atoms with Gasteiger partial charge in [0, 0.05) is 23.7 Å². The molecule has 1 N–H and O–H groups in total. The molecule has 4 heteroatoms. The Morgan fingerprint density at radius 1 is 1.67 bits per heavy atom. The second-order valence-electron chi connectivity index (χ2n) is 0.519. The van der Waals surface area contributed by atoms with Gasteiger partial charge in [-0.05, 0) is 0 Å². The third kappa shape index (κ3) is 82.5. The molecular formula is C2H5CoNaO2. The van der Waals surface area contributed by atoms with Crippen LogP contribution in [0.3, 0.4) is 0 Å². The van der Waals surface area contributed by atoms with Gasteiger partial charge in [0.1, 0.15) is 0 Å². The van der Waals surface area contributed by atoms with Gasteiger partial charge in [-0.1, -0.05) is 0 Å². The molecule has 0 aromatic rings. The summed E-state index contributed by atoms with van der Waals surface area (Å²) in [6, 6.07) is 0. The van der Waals surface area contributed by atoms with Crippen LogP contribution in [-0.2, 0) is 21.6 Å². The minimum atomic E-state index is -0.833. The van der Waals surface area contributed by atoms with Crippen molar-refractivity contribution in [3.05, 3.63) is 0 Å². The quantitative estimate of drug-likeness (QED) is 0.461. The van der Waals surface area contributed by atoms with Crippen LogP contribution in [0.2, 0.25) is 0 Å². The molecule has 2 nitrogen and oxygen atoms in total. The standard InChI is InChI=1S/C2H4O2.Co.Na.H/c1-2(3)4;;;/h1H3,(H,3,4);;;. The molecule has 0 aromatic carbocycles. The van der Waals surface area contributed by atoms with Crippen molar-refractivity contribution in [3.63, 3.8) is 0 Å². The Morgan fingerprint density at radius 3 is 1.67 bits per heavy atom. The van der Waals surface area contributed by atoms with Gasteiger partial charge < -0.3 is 5.11 Å². The van der Waals surface area contributed by atoms with Gasteiger partial charge in [-0.3, -0.25) is 4.79 Å². The van der Waals surface area contributed by atoms with E-state index in [1.165, 1.54) is 0 Å². The number of carbonyl (C=O) groups is 1. The molecule has 0 aliphatic heterocycles. The first-order valence-electron chi connectivity index (χ1n) is 0.928. The predicted octanol–water partition coefficient (Wildman–Crippen LogP) is -0.560. The van der Waals surface area contributed by atoms with E-state index in [9.17, 15) is 0 Å². The molecule has 0 aliphatic rings. The van der Waals surface area contributed by atoms with Gasteiger partial charge in [-0.15, -0.1) is 0 Å². The average molecular weight is 143 g/mol. The Balaban J connectivity index is -0.0000000450. The van der Waals surface area contributed by atoms with Crippen LogP contribution in [0.1, 0.15) is 6.92 Å². The number of carboxylic acids is 1. The van der Waals surface area contributed by atoms with Crippen molar-refractivity contribution in [3.8, 4) is 0 Å². The zero-order chi connectivity index (χ0) is 3.58. The van der Waals surface area contributed by atoms with Crippen molar-refractivity contribution < 1.29 is 26.7 Å². The van der Waals surface area contributed by atoms with Gasteiger partial charge in [-0.25, -0.2) is 0 Å². The Labute approximate surface area is 68.8 Å². The summed E-state index contributed by atoms with van der Waals surface area (Å²) in [7, 11) is 0. The van der Waals surface area contributed by atoms with Crippen LogP contribution < -0.4 is 0 Å². The summed E-state index contributed by atoms with van der Waals surface area (Å²) in [6.45, 7) is 1.08. The van der Waals surface area contributed by atoms with E-state index in [0.29, 0.717) is 0 Å². The molecule has 1 radical (unpaired) electrons. The van der Waals surface area contributed by atoms with E-state index in [-0.39, 0.29) is 46.3 Å². The number of hydrogen-bond donors (Lipinski definition) is 1. The van der Waals surface area contributed by atoms with Crippen molar-refractivity contribution in [1.29, 1.82) is 0 Å². The molecular weight excluding hydrogens is 138 g/mol. The summed E-state index contributed by atoms with van der Waals surface area (Å²) in [6.07, 6.45) is 0. The van der Waals surface area contributed by atoms with Crippen LogP contribution in [0.4, 0.5) is 0 Å². The van der Waals surface area contributed by atoms with E-state index >= 15 is 0 Å². The van der Waals surface area contributed by atoms with Crippen LogP contribution in [0.25, 0.3) is 0 Å². The Morgan fingerprint density at radius 2 is 1.67 bits per heavy atom. The molecule has 0 amide bonds. The molecule has 0 aliphatic carbocycles. The van der Waals surface area contributed by atoms with Crippen LogP contribution in [-0.4, -0.2) is 40.6 Å². The molecule has 0 unspecified atom stereocenters. The van der Waals surface area contributed by atoms with Crippen molar-refractivity contribution >= 4 is 35.5 Å². The van der Waals surface area contributed by atoms with Gasteiger partial charge >= 0.3 is 29.6 Å². The number of aliphatic carboxylic acids is 1. The Hall–Kier alpha value is 0.976. The first-order valence-corrected chi connectivity index (χ1v) is 0.928. The fourth-order valence-corrected chi connectivity index (χ4v) is 0. The fourth-order valence-electron chi connectivity index (χ4n) is 0. The third-order valence-electron chi connectivity index (χ3n) is 0. The molecule has 35 valence electrons. The molecule has 0 saturated heterocycles. The zero-order valence-electron chi connectivity index (χ0n) is 2.69. The van der Waals surface area contributed by atoms with E-state index in [4.69, 9.17) is 9.90 Å². The van der Waals surface area contributed by atoms with Crippen molar-refractivity contribution in [2.24, 2.45) is 0 Å². The van der Waals surface area contributed by atoms with Gasteiger partial charge in [0.25, 0.3) is 5.97 Å². The molecule has 0 rings (SSSR count). The van der Waals surface area contributed by atoms with Gasteiger partial charge in [0.2, 0.25) is 0 Å².